The first-order valence-electron chi connectivity index (χ1n) is 11.8. The fraction of sp³-hybridized carbons (Fsp3) is 0.520. The van der Waals surface area contributed by atoms with E-state index in [-0.39, 0.29) is 42.4 Å². The molecule has 1 aromatic carbocycles. The first-order chi connectivity index (χ1) is 17.0. The van der Waals surface area contributed by atoms with Gasteiger partial charge in [-0.05, 0) is 31.9 Å². The SMILES string of the molecule is CCOC(=O)[C@@H]1CCCN(C(=O)CCN(CCOC)C(=O)c2cc(-c3ccccc3OC)on2)C1. The lowest BCUT2D eigenvalue weighted by molar-refractivity contribution is -0.151. The lowest BCUT2D eigenvalue weighted by atomic mass is 9.98. The van der Waals surface area contributed by atoms with Gasteiger partial charge in [0.15, 0.2) is 11.5 Å². The number of esters is 1. The van der Waals surface area contributed by atoms with E-state index in [9.17, 15) is 14.4 Å². The Kier molecular flexibility index (Phi) is 9.66. The zero-order chi connectivity index (χ0) is 25.2. The molecule has 0 spiro atoms. The van der Waals surface area contributed by atoms with Crippen molar-refractivity contribution in [3.05, 3.63) is 36.0 Å². The lowest BCUT2D eigenvalue weighted by Crippen LogP contribution is -2.44. The van der Waals surface area contributed by atoms with E-state index in [0.717, 1.165) is 6.42 Å². The normalized spacial score (nSPS) is 15.5. The predicted molar refractivity (Wildman–Crippen MR) is 127 cm³/mol. The minimum Gasteiger partial charge on any atom is -0.496 e. The number of aromatic nitrogens is 1. The second kappa shape index (κ2) is 12.9. The van der Waals surface area contributed by atoms with Crippen LogP contribution in [0.1, 0.15) is 36.7 Å². The van der Waals surface area contributed by atoms with Crippen LogP contribution in [0.2, 0.25) is 0 Å². The molecule has 2 heterocycles. The van der Waals surface area contributed by atoms with Crippen molar-refractivity contribution in [3.8, 4) is 17.1 Å². The van der Waals surface area contributed by atoms with E-state index in [4.69, 9.17) is 18.7 Å². The Morgan fingerprint density at radius 3 is 2.74 bits per heavy atom. The monoisotopic (exact) mass is 487 g/mol. The smallest absolute Gasteiger partial charge is 0.310 e. The molecule has 1 aliphatic heterocycles. The van der Waals surface area contributed by atoms with Gasteiger partial charge in [-0.1, -0.05) is 17.3 Å². The third kappa shape index (κ3) is 6.82. The number of hydrogen-bond donors (Lipinski definition) is 0. The molecule has 1 aliphatic rings. The number of para-hydroxylation sites is 1. The van der Waals surface area contributed by atoms with Crippen LogP contribution < -0.4 is 4.74 Å². The Hall–Kier alpha value is -3.40. The summed E-state index contributed by atoms with van der Waals surface area (Å²) in [5.74, 6) is -0.0212. The van der Waals surface area contributed by atoms with Gasteiger partial charge in [-0.3, -0.25) is 14.4 Å². The molecule has 1 saturated heterocycles. The van der Waals surface area contributed by atoms with Crippen LogP contribution in [0.15, 0.2) is 34.9 Å². The summed E-state index contributed by atoms with van der Waals surface area (Å²) in [4.78, 5) is 41.4. The third-order valence-electron chi connectivity index (χ3n) is 5.94. The number of likely N-dealkylation sites (tertiary alicyclic amines) is 1. The molecule has 190 valence electrons. The molecule has 2 aromatic rings. The average molecular weight is 488 g/mol. The number of amides is 2. The maximum Gasteiger partial charge on any atom is 0.310 e. The van der Waals surface area contributed by atoms with Crippen molar-refractivity contribution in [2.75, 3.05) is 53.6 Å². The van der Waals surface area contributed by atoms with Crippen LogP contribution >= 0.6 is 0 Å². The minimum absolute atomic E-state index is 0.107. The van der Waals surface area contributed by atoms with Crippen molar-refractivity contribution >= 4 is 17.8 Å². The molecule has 1 aromatic heterocycles. The van der Waals surface area contributed by atoms with Crippen LogP contribution in [0, 0.1) is 5.92 Å². The first-order valence-corrected chi connectivity index (χ1v) is 11.8. The van der Waals surface area contributed by atoms with Crippen molar-refractivity contribution in [2.45, 2.75) is 26.2 Å². The van der Waals surface area contributed by atoms with Crippen LogP contribution in [-0.4, -0.2) is 86.4 Å². The molecule has 0 unspecified atom stereocenters. The summed E-state index contributed by atoms with van der Waals surface area (Å²) in [6, 6.07) is 8.85. The van der Waals surface area contributed by atoms with Crippen molar-refractivity contribution < 1.29 is 33.1 Å². The predicted octanol–water partition coefficient (Wildman–Crippen LogP) is 2.63. The van der Waals surface area contributed by atoms with Crippen molar-refractivity contribution in [1.29, 1.82) is 0 Å². The number of benzene rings is 1. The Labute approximate surface area is 205 Å². The van der Waals surface area contributed by atoms with Gasteiger partial charge in [-0.15, -0.1) is 0 Å². The number of hydrogen-bond acceptors (Lipinski definition) is 8. The Bertz CT molecular complexity index is 1010. The van der Waals surface area contributed by atoms with E-state index < -0.39 is 0 Å². The summed E-state index contributed by atoms with van der Waals surface area (Å²) in [6.45, 7) is 3.82. The lowest BCUT2D eigenvalue weighted by Gasteiger charge is -2.32. The van der Waals surface area contributed by atoms with Crippen LogP contribution in [0.3, 0.4) is 0 Å². The zero-order valence-corrected chi connectivity index (χ0v) is 20.5. The van der Waals surface area contributed by atoms with Gasteiger partial charge in [0.25, 0.3) is 5.91 Å². The van der Waals surface area contributed by atoms with E-state index in [2.05, 4.69) is 5.16 Å². The highest BCUT2D eigenvalue weighted by molar-refractivity contribution is 5.93. The minimum atomic E-state index is -0.359. The van der Waals surface area contributed by atoms with Gasteiger partial charge < -0.3 is 28.5 Å². The maximum atomic E-state index is 13.2. The van der Waals surface area contributed by atoms with Crippen molar-refractivity contribution in [1.82, 2.24) is 15.0 Å². The summed E-state index contributed by atoms with van der Waals surface area (Å²) in [6.07, 6.45) is 1.58. The van der Waals surface area contributed by atoms with Crippen molar-refractivity contribution in [2.24, 2.45) is 5.92 Å². The van der Waals surface area contributed by atoms with Gasteiger partial charge in [0.05, 0.1) is 31.8 Å². The molecule has 1 atom stereocenters. The van der Waals surface area contributed by atoms with E-state index >= 15 is 0 Å². The largest absolute Gasteiger partial charge is 0.496 e. The van der Waals surface area contributed by atoms with Gasteiger partial charge in [-0.25, -0.2) is 0 Å². The van der Waals surface area contributed by atoms with Gasteiger partial charge in [0.1, 0.15) is 5.75 Å². The molecule has 2 amide bonds. The second-order valence-electron chi connectivity index (χ2n) is 8.24. The Balaban J connectivity index is 1.65. The molecule has 0 N–H and O–H groups in total. The number of carbonyl (C=O) groups is 3. The summed E-state index contributed by atoms with van der Waals surface area (Å²) in [5.41, 5.74) is 0.816. The molecule has 0 radical (unpaired) electrons. The summed E-state index contributed by atoms with van der Waals surface area (Å²) < 4.78 is 21.0. The Morgan fingerprint density at radius 1 is 1.20 bits per heavy atom. The molecule has 35 heavy (non-hydrogen) atoms. The Morgan fingerprint density at radius 2 is 2.00 bits per heavy atom. The molecule has 10 nitrogen and oxygen atoms in total. The first kappa shape index (κ1) is 26.2. The number of piperidine rings is 1. The molecular formula is C25H33N3O7. The number of rotatable bonds is 11. The second-order valence-corrected chi connectivity index (χ2v) is 8.24. The molecule has 3 rings (SSSR count). The maximum absolute atomic E-state index is 13.2. The highest BCUT2D eigenvalue weighted by Gasteiger charge is 2.30. The van der Waals surface area contributed by atoms with E-state index in [1.807, 2.05) is 18.2 Å². The topological polar surface area (TPSA) is 111 Å². The van der Waals surface area contributed by atoms with E-state index in [1.165, 1.54) is 4.90 Å². The van der Waals surface area contributed by atoms with Gasteiger partial charge in [-0.2, -0.15) is 0 Å². The number of carbonyl (C=O) groups excluding carboxylic acids is 3. The molecule has 10 heteroatoms. The van der Waals surface area contributed by atoms with E-state index in [1.54, 1.807) is 38.2 Å². The molecule has 0 aliphatic carbocycles. The van der Waals surface area contributed by atoms with Crippen LogP contribution in [0.5, 0.6) is 5.75 Å². The molecule has 0 saturated carbocycles. The fourth-order valence-electron chi connectivity index (χ4n) is 4.07. The third-order valence-corrected chi connectivity index (χ3v) is 5.94. The highest BCUT2D eigenvalue weighted by Crippen LogP contribution is 2.30. The number of nitrogens with zero attached hydrogens (tertiary/aromatic N) is 3. The summed E-state index contributed by atoms with van der Waals surface area (Å²) >= 11 is 0. The summed E-state index contributed by atoms with van der Waals surface area (Å²) in [7, 11) is 3.11. The van der Waals surface area contributed by atoms with Gasteiger partial charge in [0, 0.05) is 45.8 Å². The summed E-state index contributed by atoms with van der Waals surface area (Å²) in [5, 5.41) is 3.95. The quantitative estimate of drug-likeness (QED) is 0.445. The molecule has 1 fully saturated rings. The van der Waals surface area contributed by atoms with Crippen LogP contribution in [0.4, 0.5) is 0 Å². The zero-order valence-electron chi connectivity index (χ0n) is 20.5. The molecule has 0 bridgehead atoms. The van der Waals surface area contributed by atoms with Crippen LogP contribution in [0.25, 0.3) is 11.3 Å². The van der Waals surface area contributed by atoms with Gasteiger partial charge in [0.2, 0.25) is 5.91 Å². The highest BCUT2D eigenvalue weighted by atomic mass is 16.5. The number of ether oxygens (including phenoxy) is 3. The van der Waals surface area contributed by atoms with Gasteiger partial charge >= 0.3 is 5.97 Å². The average Bonchev–Trinajstić information content (AvgIpc) is 3.38. The van der Waals surface area contributed by atoms with Crippen LogP contribution in [-0.2, 0) is 19.1 Å². The number of methoxy groups -OCH3 is 2. The van der Waals surface area contributed by atoms with Crippen molar-refractivity contribution in [3.63, 3.8) is 0 Å². The van der Waals surface area contributed by atoms with E-state index in [0.29, 0.717) is 56.3 Å². The fourth-order valence-corrected chi connectivity index (χ4v) is 4.07. The standard InChI is InChI=1S/C25H33N3O7/c1-4-34-25(31)18-8-7-12-28(17-18)23(29)11-13-27(14-15-32-2)24(30)20-16-22(35-26-20)19-9-5-6-10-21(19)33-3/h5-6,9-10,16,18H,4,7-8,11-15,17H2,1-3H3/t18-/m1/s1. The molecular weight excluding hydrogens is 454 g/mol.